The number of carbonyl (C=O) groups is 2. The van der Waals surface area contributed by atoms with Gasteiger partial charge < -0.3 is 15.4 Å². The second-order valence-corrected chi connectivity index (χ2v) is 4.80. The van der Waals surface area contributed by atoms with E-state index in [1.807, 2.05) is 6.92 Å². The molecule has 0 aromatic heterocycles. The number of carbonyl (C=O) groups excluding carboxylic acids is 2. The number of nitrogens with one attached hydrogen (secondary N) is 2. The summed E-state index contributed by atoms with van der Waals surface area (Å²) in [6, 6.07) is 4.08. The molecule has 0 aliphatic rings. The van der Waals surface area contributed by atoms with Gasteiger partial charge in [-0.3, -0.25) is 9.59 Å². The molecule has 0 heterocycles. The van der Waals surface area contributed by atoms with Gasteiger partial charge in [-0.1, -0.05) is 15.9 Å². The summed E-state index contributed by atoms with van der Waals surface area (Å²) in [6.07, 6.45) is 0.609. The predicted octanol–water partition coefficient (Wildman–Crippen LogP) is 2.07. The van der Waals surface area contributed by atoms with Gasteiger partial charge in [0, 0.05) is 24.2 Å². The highest BCUT2D eigenvalue weighted by molar-refractivity contribution is 9.10. The van der Waals surface area contributed by atoms with Crippen LogP contribution in [0.15, 0.2) is 22.7 Å². The molecule has 0 bridgehead atoms. The molecule has 1 aromatic carbocycles. The van der Waals surface area contributed by atoms with Crippen LogP contribution in [-0.4, -0.2) is 31.6 Å². The smallest absolute Gasteiger partial charge is 0.313 e. The summed E-state index contributed by atoms with van der Waals surface area (Å²) in [4.78, 5) is 23.0. The molecular weight excluding hydrogens is 331 g/mol. The van der Waals surface area contributed by atoms with E-state index in [0.29, 0.717) is 30.7 Å². The molecular formula is C13H16BrFN2O3. The standard InChI is InChI=1S/C13H16BrFN2O3/c1-2-20-7-3-6-16-12(18)13(19)17-11-8-9(14)4-5-10(11)15/h4-5,8H,2-3,6-7H2,1H3,(H,16,18)(H,17,19). The van der Waals surface area contributed by atoms with Crippen LogP contribution in [-0.2, 0) is 14.3 Å². The molecule has 0 saturated carbocycles. The summed E-state index contributed by atoms with van der Waals surface area (Å²) in [5, 5.41) is 4.65. The molecule has 0 spiro atoms. The third kappa shape index (κ3) is 5.66. The summed E-state index contributed by atoms with van der Waals surface area (Å²) in [5.41, 5.74) is -0.0474. The normalized spacial score (nSPS) is 10.2. The summed E-state index contributed by atoms with van der Waals surface area (Å²) >= 11 is 3.16. The maximum absolute atomic E-state index is 13.4. The maximum Gasteiger partial charge on any atom is 0.313 e. The molecule has 0 fully saturated rings. The van der Waals surface area contributed by atoms with Crippen molar-refractivity contribution in [2.24, 2.45) is 0 Å². The van der Waals surface area contributed by atoms with Gasteiger partial charge in [-0.15, -0.1) is 0 Å². The lowest BCUT2D eigenvalue weighted by atomic mass is 10.3. The van der Waals surface area contributed by atoms with Crippen molar-refractivity contribution >= 4 is 33.4 Å². The highest BCUT2D eigenvalue weighted by Crippen LogP contribution is 2.19. The van der Waals surface area contributed by atoms with E-state index in [1.54, 1.807) is 0 Å². The lowest BCUT2D eigenvalue weighted by Crippen LogP contribution is -2.36. The van der Waals surface area contributed by atoms with E-state index in [9.17, 15) is 14.0 Å². The molecule has 2 N–H and O–H groups in total. The van der Waals surface area contributed by atoms with E-state index < -0.39 is 17.6 Å². The Hall–Kier alpha value is -1.47. The van der Waals surface area contributed by atoms with Gasteiger partial charge in [0.2, 0.25) is 0 Å². The zero-order valence-corrected chi connectivity index (χ0v) is 12.6. The van der Waals surface area contributed by atoms with Crippen LogP contribution in [0.3, 0.4) is 0 Å². The van der Waals surface area contributed by atoms with E-state index in [1.165, 1.54) is 18.2 Å². The van der Waals surface area contributed by atoms with Gasteiger partial charge in [0.05, 0.1) is 5.69 Å². The monoisotopic (exact) mass is 346 g/mol. The fourth-order valence-corrected chi connectivity index (χ4v) is 1.73. The molecule has 1 aromatic rings. The molecule has 0 unspecified atom stereocenters. The number of hydrogen-bond donors (Lipinski definition) is 2. The van der Waals surface area contributed by atoms with Crippen molar-refractivity contribution in [2.45, 2.75) is 13.3 Å². The number of rotatable bonds is 6. The molecule has 2 amide bonds. The minimum atomic E-state index is -0.904. The van der Waals surface area contributed by atoms with Crippen LogP contribution in [0.2, 0.25) is 0 Å². The Morgan fingerprint density at radius 3 is 2.80 bits per heavy atom. The molecule has 0 aliphatic heterocycles. The molecule has 0 saturated heterocycles. The van der Waals surface area contributed by atoms with Crippen LogP contribution in [0.4, 0.5) is 10.1 Å². The summed E-state index contributed by atoms with van der Waals surface area (Å²) in [6.45, 7) is 3.32. The molecule has 7 heteroatoms. The first-order chi connectivity index (χ1) is 9.54. The van der Waals surface area contributed by atoms with E-state index >= 15 is 0 Å². The maximum atomic E-state index is 13.4. The topological polar surface area (TPSA) is 67.4 Å². The van der Waals surface area contributed by atoms with Crippen LogP contribution >= 0.6 is 15.9 Å². The highest BCUT2D eigenvalue weighted by atomic mass is 79.9. The Kier molecular flexibility index (Phi) is 7.17. The number of benzene rings is 1. The van der Waals surface area contributed by atoms with Crippen molar-refractivity contribution in [2.75, 3.05) is 25.1 Å². The van der Waals surface area contributed by atoms with Gasteiger partial charge in [-0.05, 0) is 31.5 Å². The number of amides is 2. The summed E-state index contributed by atoms with van der Waals surface area (Å²) < 4.78 is 19.1. The van der Waals surface area contributed by atoms with Gasteiger partial charge in [0.1, 0.15) is 5.82 Å². The first kappa shape index (κ1) is 16.6. The zero-order chi connectivity index (χ0) is 15.0. The second kappa shape index (κ2) is 8.65. The first-order valence-corrected chi connectivity index (χ1v) is 6.96. The quantitative estimate of drug-likeness (QED) is 0.612. The Labute approximate surface area is 125 Å². The molecule has 0 radical (unpaired) electrons. The third-order valence-electron chi connectivity index (χ3n) is 2.34. The van der Waals surface area contributed by atoms with E-state index in [4.69, 9.17) is 4.74 Å². The van der Waals surface area contributed by atoms with Crippen LogP contribution in [0.25, 0.3) is 0 Å². The second-order valence-electron chi connectivity index (χ2n) is 3.88. The van der Waals surface area contributed by atoms with Crippen LogP contribution in [0.1, 0.15) is 13.3 Å². The van der Waals surface area contributed by atoms with Gasteiger partial charge in [-0.25, -0.2) is 4.39 Å². The van der Waals surface area contributed by atoms with Crippen molar-refractivity contribution in [1.29, 1.82) is 0 Å². The minimum absolute atomic E-state index is 0.0474. The van der Waals surface area contributed by atoms with Crippen molar-refractivity contribution in [3.63, 3.8) is 0 Å². The van der Waals surface area contributed by atoms with Gasteiger partial charge in [-0.2, -0.15) is 0 Å². The van der Waals surface area contributed by atoms with Crippen LogP contribution in [0, 0.1) is 5.82 Å². The molecule has 1 rings (SSSR count). The number of anilines is 1. The summed E-state index contributed by atoms with van der Waals surface area (Å²) in [7, 11) is 0. The lowest BCUT2D eigenvalue weighted by Gasteiger charge is -2.07. The highest BCUT2D eigenvalue weighted by Gasteiger charge is 2.15. The van der Waals surface area contributed by atoms with Crippen molar-refractivity contribution in [1.82, 2.24) is 5.32 Å². The Balaban J connectivity index is 2.41. The van der Waals surface area contributed by atoms with E-state index in [-0.39, 0.29) is 5.69 Å². The van der Waals surface area contributed by atoms with Crippen LogP contribution in [0.5, 0.6) is 0 Å². The van der Waals surface area contributed by atoms with Crippen molar-refractivity contribution in [3.8, 4) is 0 Å². The van der Waals surface area contributed by atoms with Gasteiger partial charge in [0.15, 0.2) is 0 Å². The third-order valence-corrected chi connectivity index (χ3v) is 2.83. The average Bonchev–Trinajstić information content (AvgIpc) is 2.42. The molecule has 0 atom stereocenters. The van der Waals surface area contributed by atoms with Gasteiger partial charge >= 0.3 is 11.8 Å². The van der Waals surface area contributed by atoms with E-state index in [0.717, 1.165) is 0 Å². The number of hydrogen-bond acceptors (Lipinski definition) is 3. The minimum Gasteiger partial charge on any atom is -0.382 e. The average molecular weight is 347 g/mol. The largest absolute Gasteiger partial charge is 0.382 e. The number of halogens is 2. The fraction of sp³-hybridized carbons (Fsp3) is 0.385. The van der Waals surface area contributed by atoms with Crippen molar-refractivity contribution in [3.05, 3.63) is 28.5 Å². The predicted molar refractivity (Wildman–Crippen MR) is 76.8 cm³/mol. The number of ether oxygens (including phenoxy) is 1. The Morgan fingerprint density at radius 2 is 2.10 bits per heavy atom. The molecule has 110 valence electrons. The Bertz CT molecular complexity index is 483. The Morgan fingerprint density at radius 1 is 1.35 bits per heavy atom. The molecule has 5 nitrogen and oxygen atoms in total. The molecule has 0 aliphatic carbocycles. The van der Waals surface area contributed by atoms with Gasteiger partial charge in [0.25, 0.3) is 0 Å². The zero-order valence-electron chi connectivity index (χ0n) is 11.0. The summed E-state index contributed by atoms with van der Waals surface area (Å²) in [5.74, 6) is -2.31. The lowest BCUT2D eigenvalue weighted by molar-refractivity contribution is -0.136. The first-order valence-electron chi connectivity index (χ1n) is 6.16. The molecule has 20 heavy (non-hydrogen) atoms. The SMILES string of the molecule is CCOCCCNC(=O)C(=O)Nc1cc(Br)ccc1F. The van der Waals surface area contributed by atoms with Crippen molar-refractivity contribution < 1.29 is 18.7 Å². The van der Waals surface area contributed by atoms with Crippen LogP contribution < -0.4 is 10.6 Å². The fourth-order valence-electron chi connectivity index (χ4n) is 1.37. The van der Waals surface area contributed by atoms with E-state index in [2.05, 4.69) is 26.6 Å².